The van der Waals surface area contributed by atoms with Gasteiger partial charge in [0.2, 0.25) is 0 Å². The Hall–Kier alpha value is -6.72. The van der Waals surface area contributed by atoms with E-state index in [9.17, 15) is 0 Å². The van der Waals surface area contributed by atoms with E-state index in [4.69, 9.17) is 9.97 Å². The highest BCUT2D eigenvalue weighted by atomic mass is 32.1. The lowest BCUT2D eigenvalue weighted by Crippen LogP contribution is -2.01. The molecule has 4 heteroatoms. The third-order valence-corrected chi connectivity index (χ3v) is 14.5. The molecule has 0 saturated carbocycles. The lowest BCUT2D eigenvalue weighted by molar-refractivity contribution is 1.25. The Labute approximate surface area is 349 Å². The van der Waals surface area contributed by atoms with Gasteiger partial charge in [0, 0.05) is 62.2 Å². The second-order valence-electron chi connectivity index (χ2n) is 15.8. The van der Waals surface area contributed by atoms with Crippen molar-refractivity contribution in [2.45, 2.75) is 20.8 Å². The van der Waals surface area contributed by atoms with Crippen molar-refractivity contribution in [3.63, 3.8) is 0 Å². The fraction of sp³-hybridized carbons (Fsp3) is 0.0545. The van der Waals surface area contributed by atoms with Crippen molar-refractivity contribution in [1.82, 2.24) is 9.97 Å². The predicted octanol–water partition coefficient (Wildman–Crippen LogP) is 16.3. The largest absolute Gasteiger partial charge is 0.243 e. The molecule has 0 atom stereocenters. The fourth-order valence-corrected chi connectivity index (χ4v) is 12.1. The van der Waals surface area contributed by atoms with E-state index in [-0.39, 0.29) is 0 Å². The maximum absolute atomic E-state index is 5.81. The van der Waals surface area contributed by atoms with Crippen molar-refractivity contribution >= 4 is 95.6 Å². The van der Waals surface area contributed by atoms with Crippen molar-refractivity contribution in [3.8, 4) is 44.8 Å². The van der Waals surface area contributed by atoms with Gasteiger partial charge in [-0.2, -0.15) is 0 Å². The van der Waals surface area contributed by atoms with Gasteiger partial charge in [-0.1, -0.05) is 139 Å². The second kappa shape index (κ2) is 13.2. The van der Waals surface area contributed by atoms with E-state index in [1.54, 1.807) is 0 Å². The summed E-state index contributed by atoms with van der Waals surface area (Å²) >= 11 is 3.75. The number of rotatable bonds is 4. The van der Waals surface area contributed by atoms with Crippen LogP contribution in [0.3, 0.4) is 0 Å². The molecule has 278 valence electrons. The van der Waals surface area contributed by atoms with Crippen LogP contribution in [0.1, 0.15) is 16.7 Å². The molecule has 0 amide bonds. The first-order valence-corrected chi connectivity index (χ1v) is 21.8. The predicted molar refractivity (Wildman–Crippen MR) is 256 cm³/mol. The van der Waals surface area contributed by atoms with Gasteiger partial charge >= 0.3 is 0 Å². The molecule has 2 nitrogen and oxygen atoms in total. The van der Waals surface area contributed by atoms with Crippen LogP contribution in [0.25, 0.3) is 118 Å². The SMILES string of the molecule is Cc1cc(C)c(-c2nc3c4ccccc4c4ccccc4c3nc2-c2cc(-c3cccc4c3sc3ccccc34)cc(-c3cccc4c3sc3ccccc34)c2)c(C)c1. The van der Waals surface area contributed by atoms with Gasteiger partial charge in [-0.15, -0.1) is 22.7 Å². The van der Waals surface area contributed by atoms with Crippen LogP contribution >= 0.6 is 22.7 Å². The summed E-state index contributed by atoms with van der Waals surface area (Å²) < 4.78 is 5.19. The van der Waals surface area contributed by atoms with Gasteiger partial charge in [-0.3, -0.25) is 0 Å². The lowest BCUT2D eigenvalue weighted by atomic mass is 9.90. The number of aromatic nitrogens is 2. The first-order valence-electron chi connectivity index (χ1n) is 20.1. The van der Waals surface area contributed by atoms with E-state index in [1.807, 2.05) is 22.7 Å². The van der Waals surface area contributed by atoms with E-state index < -0.39 is 0 Å². The van der Waals surface area contributed by atoms with Gasteiger partial charge in [0.05, 0.1) is 22.4 Å². The van der Waals surface area contributed by atoms with Crippen LogP contribution in [0.2, 0.25) is 0 Å². The van der Waals surface area contributed by atoms with Crippen molar-refractivity contribution in [2.24, 2.45) is 0 Å². The zero-order chi connectivity index (χ0) is 39.4. The Morgan fingerprint density at radius 3 is 1.27 bits per heavy atom. The van der Waals surface area contributed by atoms with Crippen LogP contribution in [0, 0.1) is 20.8 Å². The summed E-state index contributed by atoms with van der Waals surface area (Å²) in [6, 6.07) is 60.2. The van der Waals surface area contributed by atoms with Crippen molar-refractivity contribution in [1.29, 1.82) is 0 Å². The van der Waals surface area contributed by atoms with Crippen LogP contribution < -0.4 is 0 Å². The molecule has 0 radical (unpaired) electrons. The number of aryl methyl sites for hydroxylation is 3. The molecule has 3 aromatic heterocycles. The van der Waals surface area contributed by atoms with Gasteiger partial charge < -0.3 is 0 Å². The molecule has 0 aliphatic rings. The molecule has 0 spiro atoms. The van der Waals surface area contributed by atoms with Gasteiger partial charge in [0.25, 0.3) is 0 Å². The molecule has 12 rings (SSSR count). The maximum Gasteiger partial charge on any atom is 0.0979 e. The van der Waals surface area contributed by atoms with Gasteiger partial charge in [0.1, 0.15) is 0 Å². The Morgan fingerprint density at radius 1 is 0.356 bits per heavy atom. The molecule has 0 bridgehead atoms. The second-order valence-corrected chi connectivity index (χ2v) is 17.9. The Bertz CT molecular complexity index is 3560. The third-order valence-electron chi connectivity index (χ3n) is 12.1. The molecule has 12 aromatic rings. The molecule has 0 saturated heterocycles. The molecular formula is C55H36N2S2. The molecule has 0 fully saturated rings. The smallest absolute Gasteiger partial charge is 0.0979 e. The minimum Gasteiger partial charge on any atom is -0.243 e. The van der Waals surface area contributed by atoms with E-state index in [2.05, 4.69) is 185 Å². The van der Waals surface area contributed by atoms with Crippen LogP contribution in [0.5, 0.6) is 0 Å². The average molecular weight is 789 g/mol. The molecule has 0 aliphatic carbocycles. The van der Waals surface area contributed by atoms with E-state index in [1.165, 1.54) is 90.1 Å². The summed E-state index contributed by atoms with van der Waals surface area (Å²) in [6.45, 7) is 6.61. The van der Waals surface area contributed by atoms with Gasteiger partial charge in [-0.05, 0) is 95.3 Å². The Morgan fingerprint density at radius 2 is 0.763 bits per heavy atom. The highest BCUT2D eigenvalue weighted by Crippen LogP contribution is 2.47. The van der Waals surface area contributed by atoms with Crippen molar-refractivity contribution < 1.29 is 0 Å². The van der Waals surface area contributed by atoms with Gasteiger partial charge in [0.15, 0.2) is 0 Å². The number of hydrogen-bond donors (Lipinski definition) is 0. The molecule has 3 heterocycles. The normalized spacial score (nSPS) is 12.0. The summed E-state index contributed by atoms with van der Waals surface area (Å²) in [7, 11) is 0. The lowest BCUT2D eigenvalue weighted by Gasteiger charge is -2.19. The molecule has 0 unspecified atom stereocenters. The zero-order valence-corrected chi connectivity index (χ0v) is 34.4. The molecule has 9 aromatic carbocycles. The summed E-state index contributed by atoms with van der Waals surface area (Å²) in [5.41, 5.74) is 14.3. The van der Waals surface area contributed by atoms with Crippen LogP contribution in [0.15, 0.2) is 164 Å². The molecular weight excluding hydrogens is 753 g/mol. The van der Waals surface area contributed by atoms with Crippen LogP contribution in [-0.4, -0.2) is 9.97 Å². The van der Waals surface area contributed by atoms with Gasteiger partial charge in [-0.25, -0.2) is 9.97 Å². The summed E-state index contributed by atoms with van der Waals surface area (Å²) in [5.74, 6) is 0. The van der Waals surface area contributed by atoms with E-state index >= 15 is 0 Å². The highest BCUT2D eigenvalue weighted by Gasteiger charge is 2.23. The molecule has 59 heavy (non-hydrogen) atoms. The highest BCUT2D eigenvalue weighted by molar-refractivity contribution is 7.26. The summed E-state index contributed by atoms with van der Waals surface area (Å²) in [6.07, 6.45) is 0. The number of nitrogens with zero attached hydrogens (tertiary/aromatic N) is 2. The first-order chi connectivity index (χ1) is 29.0. The number of benzene rings is 9. The average Bonchev–Trinajstić information content (AvgIpc) is 3.85. The quantitative estimate of drug-likeness (QED) is 0.166. The summed E-state index contributed by atoms with van der Waals surface area (Å²) in [5, 5.41) is 9.79. The number of fused-ring (bicyclic) bond motifs is 12. The Kier molecular flexibility index (Phi) is 7.65. The molecule has 0 N–H and O–H groups in total. The minimum absolute atomic E-state index is 0.892. The standard InChI is InChI=1S/C55H36N2S2/c1-31-26-32(2)49(33(3)27-31)53-50(56-51-43-18-6-4-14-39(43)40-15-5-7-19-44(40)52(51)57-53)36-29-34(37-20-12-22-45-41-16-8-10-24-47(41)58-54(37)45)28-35(30-36)38-21-13-23-46-42-17-9-11-25-48(42)59-55(38)46/h4-30H,1-3H3. The first kappa shape index (κ1) is 34.3. The monoisotopic (exact) mass is 788 g/mol. The topological polar surface area (TPSA) is 25.8 Å². The fourth-order valence-electron chi connectivity index (χ4n) is 9.61. The Balaban J connectivity index is 1.23. The minimum atomic E-state index is 0.892. The number of thiophene rings is 2. The third kappa shape index (κ3) is 5.30. The molecule has 0 aliphatic heterocycles. The number of hydrogen-bond acceptors (Lipinski definition) is 4. The summed E-state index contributed by atoms with van der Waals surface area (Å²) in [4.78, 5) is 11.6. The van der Waals surface area contributed by atoms with Crippen LogP contribution in [-0.2, 0) is 0 Å². The van der Waals surface area contributed by atoms with Crippen molar-refractivity contribution in [2.75, 3.05) is 0 Å². The zero-order valence-electron chi connectivity index (χ0n) is 32.8. The van der Waals surface area contributed by atoms with Crippen LogP contribution in [0.4, 0.5) is 0 Å². The van der Waals surface area contributed by atoms with Crippen molar-refractivity contribution in [3.05, 3.63) is 180 Å². The van der Waals surface area contributed by atoms with E-state index in [0.29, 0.717) is 0 Å². The maximum atomic E-state index is 5.81. The van der Waals surface area contributed by atoms with E-state index in [0.717, 1.165) is 44.3 Å².